The second kappa shape index (κ2) is 6.53. The zero-order valence-corrected chi connectivity index (χ0v) is 13.8. The van der Waals surface area contributed by atoms with Crippen molar-refractivity contribution in [2.24, 2.45) is 4.99 Å². The normalized spacial score (nSPS) is 20.1. The van der Waals surface area contributed by atoms with E-state index in [4.69, 9.17) is 4.99 Å². The molecule has 1 aliphatic heterocycles. The lowest BCUT2D eigenvalue weighted by Crippen LogP contribution is -2.13. The van der Waals surface area contributed by atoms with Crippen molar-refractivity contribution in [1.29, 1.82) is 0 Å². The van der Waals surface area contributed by atoms with E-state index >= 15 is 0 Å². The molecule has 1 aromatic heterocycles. The summed E-state index contributed by atoms with van der Waals surface area (Å²) < 4.78 is 0. The molecule has 4 rings (SSSR count). The van der Waals surface area contributed by atoms with E-state index in [9.17, 15) is 5.11 Å². The van der Waals surface area contributed by atoms with Gasteiger partial charge in [-0.05, 0) is 17.7 Å². The van der Waals surface area contributed by atoms with E-state index in [1.807, 2.05) is 30.5 Å². The van der Waals surface area contributed by atoms with Gasteiger partial charge in [0.25, 0.3) is 0 Å². The molecule has 0 saturated heterocycles. The first-order valence-electron chi connectivity index (χ1n) is 7.86. The summed E-state index contributed by atoms with van der Waals surface area (Å²) in [5.41, 5.74) is 3.13. The molecule has 0 spiro atoms. The van der Waals surface area contributed by atoms with Crippen molar-refractivity contribution in [2.75, 3.05) is 0 Å². The minimum atomic E-state index is 0.104. The Kier molecular flexibility index (Phi) is 4.09. The summed E-state index contributed by atoms with van der Waals surface area (Å²) in [5, 5.41) is 11.3. The van der Waals surface area contributed by atoms with E-state index in [1.165, 1.54) is 5.56 Å². The average Bonchev–Trinajstić information content (AvgIpc) is 3.26. The van der Waals surface area contributed by atoms with E-state index < -0.39 is 0 Å². The van der Waals surface area contributed by atoms with Crippen LogP contribution < -0.4 is 0 Å². The first kappa shape index (κ1) is 15.0. The van der Waals surface area contributed by atoms with Gasteiger partial charge in [0.2, 0.25) is 0 Å². The van der Waals surface area contributed by atoms with E-state index in [0.717, 1.165) is 22.7 Å². The highest BCUT2D eigenvalue weighted by Crippen LogP contribution is 2.44. The number of imidazole rings is 1. The number of benzene rings is 2. The van der Waals surface area contributed by atoms with Gasteiger partial charge < -0.3 is 10.1 Å². The molecule has 0 radical (unpaired) electrons. The van der Waals surface area contributed by atoms with Crippen LogP contribution in [0.2, 0.25) is 0 Å². The summed E-state index contributed by atoms with van der Waals surface area (Å²) in [6.45, 7) is 0. The van der Waals surface area contributed by atoms with Crippen LogP contribution in [0.15, 0.2) is 72.1 Å². The molecule has 0 aliphatic carbocycles. The summed E-state index contributed by atoms with van der Waals surface area (Å²) in [6.07, 6.45) is 4.34. The number of nitrogens with zero attached hydrogens (tertiary/aromatic N) is 2. The van der Waals surface area contributed by atoms with E-state index in [1.54, 1.807) is 24.2 Å². The predicted molar refractivity (Wildman–Crippen MR) is 97.5 cm³/mol. The molecule has 0 bridgehead atoms. The quantitative estimate of drug-likeness (QED) is 0.758. The largest absolute Gasteiger partial charge is 0.507 e. The lowest BCUT2D eigenvalue weighted by Gasteiger charge is -2.16. The lowest BCUT2D eigenvalue weighted by molar-refractivity contribution is 0.474. The third-order valence-electron chi connectivity index (χ3n) is 4.12. The van der Waals surface area contributed by atoms with Gasteiger partial charge in [-0.15, -0.1) is 0 Å². The number of aromatic hydroxyl groups is 1. The van der Waals surface area contributed by atoms with Crippen molar-refractivity contribution in [3.63, 3.8) is 0 Å². The summed E-state index contributed by atoms with van der Waals surface area (Å²) in [4.78, 5) is 12.2. The molecule has 0 saturated carbocycles. The third kappa shape index (κ3) is 2.95. The number of hydrogen-bond donors (Lipinski definition) is 2. The minimum absolute atomic E-state index is 0.104. The Morgan fingerprint density at radius 2 is 1.83 bits per heavy atom. The first-order chi connectivity index (χ1) is 11.8. The van der Waals surface area contributed by atoms with Crippen molar-refractivity contribution < 1.29 is 5.11 Å². The average molecular weight is 335 g/mol. The van der Waals surface area contributed by atoms with Gasteiger partial charge in [0.05, 0.1) is 17.6 Å². The number of aromatic nitrogens is 2. The van der Waals surface area contributed by atoms with Crippen molar-refractivity contribution in [2.45, 2.75) is 17.7 Å². The fourth-order valence-corrected chi connectivity index (χ4v) is 4.29. The van der Waals surface area contributed by atoms with Gasteiger partial charge in [0.15, 0.2) is 0 Å². The topological polar surface area (TPSA) is 61.3 Å². The van der Waals surface area contributed by atoms with Gasteiger partial charge in [0.1, 0.15) is 10.8 Å². The highest BCUT2D eigenvalue weighted by atomic mass is 32.2. The van der Waals surface area contributed by atoms with Gasteiger partial charge in [-0.25, -0.2) is 4.98 Å². The molecule has 1 aliphatic rings. The van der Waals surface area contributed by atoms with Gasteiger partial charge >= 0.3 is 0 Å². The summed E-state index contributed by atoms with van der Waals surface area (Å²) >= 11 is 1.72. The molecule has 2 atom stereocenters. The number of phenolic OH excluding ortho intramolecular Hbond substituents is 1. The van der Waals surface area contributed by atoms with E-state index in [-0.39, 0.29) is 17.0 Å². The smallest absolute Gasteiger partial charge is 0.125 e. The molecule has 2 aromatic carbocycles. The number of hydrogen-bond acceptors (Lipinski definition) is 4. The predicted octanol–water partition coefficient (Wildman–Crippen LogP) is 3.96. The molecule has 2 N–H and O–H groups in total. The fraction of sp³-hybridized carbons (Fsp3) is 0.158. The molecule has 0 amide bonds. The molecule has 120 valence electrons. The van der Waals surface area contributed by atoms with Crippen molar-refractivity contribution in [1.82, 2.24) is 9.97 Å². The number of H-pyrrole nitrogens is 1. The van der Waals surface area contributed by atoms with Crippen LogP contribution in [0.25, 0.3) is 0 Å². The Balaban J connectivity index is 1.68. The highest BCUT2D eigenvalue weighted by molar-refractivity contribution is 8.15. The van der Waals surface area contributed by atoms with Gasteiger partial charge in [-0.1, -0.05) is 54.2 Å². The molecular formula is C19H17N3OS. The van der Waals surface area contributed by atoms with Crippen molar-refractivity contribution in [3.8, 4) is 5.75 Å². The Labute approximate surface area is 144 Å². The monoisotopic (exact) mass is 335 g/mol. The van der Waals surface area contributed by atoms with E-state index in [0.29, 0.717) is 0 Å². The Hall–Kier alpha value is -2.53. The summed E-state index contributed by atoms with van der Waals surface area (Å²) in [6, 6.07) is 17.9. The molecule has 3 aromatic rings. The van der Waals surface area contributed by atoms with Crippen molar-refractivity contribution in [3.05, 3.63) is 83.9 Å². The molecular weight excluding hydrogens is 318 g/mol. The standard InChI is InChI=1S/C19H17N3OS/c23-17-9-5-4-8-15(17)19-22-16(10-14-11-20-12-21-14)18(24-19)13-6-2-1-3-7-13/h1-9,11-12,16,18,23H,10H2,(H,20,21)/t16-,18-/m0/s1. The fourth-order valence-electron chi connectivity index (χ4n) is 2.94. The van der Waals surface area contributed by atoms with Crippen LogP contribution in [0.3, 0.4) is 0 Å². The minimum Gasteiger partial charge on any atom is -0.507 e. The van der Waals surface area contributed by atoms with Crippen LogP contribution in [-0.2, 0) is 6.42 Å². The molecule has 24 heavy (non-hydrogen) atoms. The number of nitrogens with one attached hydrogen (secondary N) is 1. The number of aromatic amines is 1. The van der Waals surface area contributed by atoms with Gasteiger partial charge in [0, 0.05) is 23.9 Å². The highest BCUT2D eigenvalue weighted by Gasteiger charge is 2.33. The van der Waals surface area contributed by atoms with E-state index in [2.05, 4.69) is 34.2 Å². The zero-order chi connectivity index (χ0) is 16.4. The molecule has 4 nitrogen and oxygen atoms in total. The number of thioether (sulfide) groups is 1. The number of aliphatic imine (C=N–C) groups is 1. The van der Waals surface area contributed by atoms with Crippen LogP contribution in [-0.4, -0.2) is 26.2 Å². The van der Waals surface area contributed by atoms with Gasteiger partial charge in [-0.2, -0.15) is 0 Å². The summed E-state index contributed by atoms with van der Waals surface area (Å²) in [5.74, 6) is 0.276. The van der Waals surface area contributed by atoms with Gasteiger partial charge in [-0.3, -0.25) is 4.99 Å². The second-order valence-corrected chi connectivity index (χ2v) is 6.88. The molecule has 0 unspecified atom stereocenters. The maximum atomic E-state index is 10.2. The Morgan fingerprint density at radius 3 is 2.58 bits per heavy atom. The van der Waals surface area contributed by atoms with Crippen LogP contribution in [0, 0.1) is 0 Å². The van der Waals surface area contributed by atoms with Crippen molar-refractivity contribution >= 4 is 16.8 Å². The molecule has 5 heteroatoms. The maximum absolute atomic E-state index is 10.2. The Bertz CT molecular complexity index is 846. The van der Waals surface area contributed by atoms with Crippen LogP contribution >= 0.6 is 11.8 Å². The molecule has 2 heterocycles. The Morgan fingerprint density at radius 1 is 1.04 bits per heavy atom. The SMILES string of the molecule is Oc1ccccc1C1=N[C@@H](Cc2cnc[nH]2)[C@H](c2ccccc2)S1. The zero-order valence-electron chi connectivity index (χ0n) is 13.0. The number of rotatable bonds is 4. The number of para-hydroxylation sites is 1. The third-order valence-corrected chi connectivity index (χ3v) is 5.51. The van der Waals surface area contributed by atoms with Crippen LogP contribution in [0.1, 0.15) is 22.1 Å². The van der Waals surface area contributed by atoms with Crippen LogP contribution in [0.4, 0.5) is 0 Å². The molecule has 0 fully saturated rings. The lowest BCUT2D eigenvalue weighted by atomic mass is 10.0. The first-order valence-corrected chi connectivity index (χ1v) is 8.74. The number of phenols is 1. The summed E-state index contributed by atoms with van der Waals surface area (Å²) in [7, 11) is 0. The second-order valence-electron chi connectivity index (χ2n) is 5.75. The van der Waals surface area contributed by atoms with Crippen LogP contribution in [0.5, 0.6) is 5.75 Å². The maximum Gasteiger partial charge on any atom is 0.125 e.